The first-order valence-electron chi connectivity index (χ1n) is 10.9. The Morgan fingerprint density at radius 1 is 1.28 bits per heavy atom. The van der Waals surface area contributed by atoms with Gasteiger partial charge in [-0.15, -0.1) is 0 Å². The summed E-state index contributed by atoms with van der Waals surface area (Å²) in [6.45, 7) is 4.89. The number of ether oxygens (including phenoxy) is 1. The van der Waals surface area contributed by atoms with Crippen LogP contribution < -0.4 is 4.90 Å². The van der Waals surface area contributed by atoms with Crippen molar-refractivity contribution in [1.82, 2.24) is 4.90 Å². The summed E-state index contributed by atoms with van der Waals surface area (Å²) >= 11 is 0. The fraction of sp³-hybridized carbons (Fsp3) is 0.619. The van der Waals surface area contributed by atoms with Gasteiger partial charge >= 0.3 is 5.97 Å². The van der Waals surface area contributed by atoms with Crippen LogP contribution in [-0.4, -0.2) is 73.4 Å². The van der Waals surface area contributed by atoms with Crippen molar-refractivity contribution in [2.75, 3.05) is 36.0 Å². The largest absolute Gasteiger partial charge is 0.449 e. The van der Waals surface area contributed by atoms with Gasteiger partial charge in [-0.3, -0.25) is 14.9 Å². The number of hydrogen-bond acceptors (Lipinski definition) is 8. The molecule has 32 heavy (non-hydrogen) atoms. The van der Waals surface area contributed by atoms with E-state index in [-0.39, 0.29) is 29.3 Å². The number of nitro benzene ring substituents is 1. The normalized spacial score (nSPS) is 21.1. The number of likely N-dealkylation sites (N-methyl/N-ethyl adjacent to an activating group) is 1. The van der Waals surface area contributed by atoms with Crippen molar-refractivity contribution in [2.24, 2.45) is 0 Å². The van der Waals surface area contributed by atoms with Crippen molar-refractivity contribution < 1.29 is 27.7 Å². The van der Waals surface area contributed by atoms with E-state index in [9.17, 15) is 28.1 Å². The van der Waals surface area contributed by atoms with Gasteiger partial charge in [0.15, 0.2) is 15.9 Å². The minimum atomic E-state index is -3.17. The molecule has 0 N–H and O–H groups in total. The lowest BCUT2D eigenvalue weighted by molar-refractivity contribution is -0.384. The fourth-order valence-electron chi connectivity index (χ4n) is 4.33. The van der Waals surface area contributed by atoms with Gasteiger partial charge in [0.1, 0.15) is 5.69 Å². The van der Waals surface area contributed by atoms with Gasteiger partial charge in [-0.25, -0.2) is 13.2 Å². The van der Waals surface area contributed by atoms with Crippen molar-refractivity contribution in [3.05, 3.63) is 33.9 Å². The van der Waals surface area contributed by atoms with Crippen LogP contribution in [0.2, 0.25) is 0 Å². The quantitative estimate of drug-likeness (QED) is 0.339. The summed E-state index contributed by atoms with van der Waals surface area (Å²) in [7, 11) is -3.17. The molecule has 0 aliphatic carbocycles. The zero-order chi connectivity index (χ0) is 23.5. The second-order valence-corrected chi connectivity index (χ2v) is 10.5. The molecule has 2 fully saturated rings. The van der Waals surface area contributed by atoms with Gasteiger partial charge in [-0.1, -0.05) is 0 Å². The van der Waals surface area contributed by atoms with Gasteiger partial charge in [-0.05, 0) is 51.7 Å². The Labute approximate surface area is 187 Å². The molecule has 0 saturated carbocycles. The van der Waals surface area contributed by atoms with E-state index in [0.717, 1.165) is 32.4 Å². The fourth-order valence-corrected chi connectivity index (χ4v) is 6.06. The first-order chi connectivity index (χ1) is 15.1. The van der Waals surface area contributed by atoms with Crippen molar-refractivity contribution in [2.45, 2.75) is 51.7 Å². The molecule has 2 unspecified atom stereocenters. The molecule has 176 valence electrons. The Kier molecular flexibility index (Phi) is 7.37. The number of amides is 1. The van der Waals surface area contributed by atoms with Crippen LogP contribution in [0.1, 0.15) is 49.9 Å². The van der Waals surface area contributed by atoms with E-state index >= 15 is 0 Å². The van der Waals surface area contributed by atoms with Crippen LogP contribution in [0.4, 0.5) is 11.4 Å². The van der Waals surface area contributed by atoms with Crippen LogP contribution in [0.25, 0.3) is 0 Å². The number of benzene rings is 1. The SMILES string of the molecule is CCN(C(=O)C(C)OC(=O)c1ccc(N2CCCCC2)c([N+](=O)[O-])c1)C1CCS(=O)(=O)C1. The van der Waals surface area contributed by atoms with Crippen molar-refractivity contribution in [3.8, 4) is 0 Å². The number of rotatable bonds is 7. The Bertz CT molecular complexity index is 989. The van der Waals surface area contributed by atoms with Gasteiger partial charge in [0.2, 0.25) is 0 Å². The van der Waals surface area contributed by atoms with Gasteiger partial charge in [0, 0.05) is 31.7 Å². The monoisotopic (exact) mass is 467 g/mol. The molecular weight excluding hydrogens is 438 g/mol. The first-order valence-corrected chi connectivity index (χ1v) is 12.7. The van der Waals surface area contributed by atoms with E-state index < -0.39 is 38.8 Å². The van der Waals surface area contributed by atoms with E-state index in [1.807, 2.05) is 4.90 Å². The third-order valence-corrected chi connectivity index (χ3v) is 7.76. The lowest BCUT2D eigenvalue weighted by Gasteiger charge is -2.29. The molecule has 0 bridgehead atoms. The second kappa shape index (κ2) is 9.85. The average Bonchev–Trinajstić information content (AvgIpc) is 3.13. The highest BCUT2D eigenvalue weighted by Crippen LogP contribution is 2.31. The molecule has 1 amide bonds. The van der Waals surface area contributed by atoms with E-state index in [2.05, 4.69) is 0 Å². The van der Waals surface area contributed by atoms with Gasteiger partial charge < -0.3 is 14.5 Å². The highest BCUT2D eigenvalue weighted by atomic mass is 32.2. The van der Waals surface area contributed by atoms with E-state index in [1.54, 1.807) is 13.0 Å². The Morgan fingerprint density at radius 2 is 1.97 bits per heavy atom. The van der Waals surface area contributed by atoms with E-state index in [4.69, 9.17) is 4.74 Å². The zero-order valence-electron chi connectivity index (χ0n) is 18.4. The van der Waals surface area contributed by atoms with Crippen LogP contribution >= 0.6 is 0 Å². The maximum absolute atomic E-state index is 12.8. The lowest BCUT2D eigenvalue weighted by Crippen LogP contribution is -2.46. The molecule has 2 atom stereocenters. The van der Waals surface area contributed by atoms with Crippen LogP contribution in [0.3, 0.4) is 0 Å². The number of carbonyl (C=O) groups is 2. The summed E-state index contributed by atoms with van der Waals surface area (Å²) < 4.78 is 28.8. The molecule has 0 spiro atoms. The van der Waals surface area contributed by atoms with Crippen LogP contribution in [0.5, 0.6) is 0 Å². The molecule has 11 heteroatoms. The number of nitro groups is 1. The topological polar surface area (TPSA) is 127 Å². The molecule has 2 aliphatic rings. The summed E-state index contributed by atoms with van der Waals surface area (Å²) in [4.78, 5) is 39.9. The number of piperidine rings is 1. The summed E-state index contributed by atoms with van der Waals surface area (Å²) in [6, 6.07) is 3.76. The molecule has 1 aromatic rings. The number of carbonyl (C=O) groups excluding carboxylic acids is 2. The lowest BCUT2D eigenvalue weighted by atomic mass is 10.1. The molecule has 0 aromatic heterocycles. The highest BCUT2D eigenvalue weighted by molar-refractivity contribution is 7.91. The third kappa shape index (κ3) is 5.37. The molecule has 0 radical (unpaired) electrons. The minimum Gasteiger partial charge on any atom is -0.449 e. The summed E-state index contributed by atoms with van der Waals surface area (Å²) in [6.07, 6.45) is 2.20. The first kappa shape index (κ1) is 24.0. The standard InChI is InChI=1S/C21H29N3O7S/c1-3-23(17-9-12-32(29,30)14-17)20(25)15(2)31-21(26)16-7-8-18(19(13-16)24(27)28)22-10-5-4-6-11-22/h7-8,13,15,17H,3-6,9-12,14H2,1-2H3. The molecule has 2 saturated heterocycles. The van der Waals surface area contributed by atoms with Crippen molar-refractivity contribution >= 4 is 33.1 Å². The molecule has 1 aromatic carbocycles. The highest BCUT2D eigenvalue weighted by Gasteiger charge is 2.36. The van der Waals surface area contributed by atoms with Crippen molar-refractivity contribution in [1.29, 1.82) is 0 Å². The number of esters is 1. The van der Waals surface area contributed by atoms with Crippen LogP contribution in [0.15, 0.2) is 18.2 Å². The molecule has 10 nitrogen and oxygen atoms in total. The Balaban J connectivity index is 1.72. The van der Waals surface area contributed by atoms with Gasteiger partial charge in [0.25, 0.3) is 11.6 Å². The van der Waals surface area contributed by atoms with E-state index in [1.165, 1.54) is 24.0 Å². The second-order valence-electron chi connectivity index (χ2n) is 8.24. The zero-order valence-corrected chi connectivity index (χ0v) is 19.2. The number of sulfone groups is 1. The molecular formula is C21H29N3O7S. The maximum atomic E-state index is 12.8. The van der Waals surface area contributed by atoms with Gasteiger partial charge in [0.05, 0.1) is 22.0 Å². The number of anilines is 1. The molecule has 2 heterocycles. The predicted octanol–water partition coefficient (Wildman–Crippen LogP) is 2.17. The summed E-state index contributed by atoms with van der Waals surface area (Å²) in [5.41, 5.74) is 0.283. The third-order valence-electron chi connectivity index (χ3n) is 6.01. The molecule has 3 rings (SSSR count). The molecule has 2 aliphatic heterocycles. The average molecular weight is 468 g/mol. The smallest absolute Gasteiger partial charge is 0.339 e. The summed E-state index contributed by atoms with van der Waals surface area (Å²) in [5, 5.41) is 11.6. The minimum absolute atomic E-state index is 0.0106. The van der Waals surface area contributed by atoms with E-state index in [0.29, 0.717) is 12.1 Å². The van der Waals surface area contributed by atoms with Crippen molar-refractivity contribution in [3.63, 3.8) is 0 Å². The van der Waals surface area contributed by atoms with Crippen LogP contribution in [-0.2, 0) is 19.4 Å². The summed E-state index contributed by atoms with van der Waals surface area (Å²) in [5.74, 6) is -1.39. The predicted molar refractivity (Wildman–Crippen MR) is 118 cm³/mol. The van der Waals surface area contributed by atoms with Gasteiger partial charge in [-0.2, -0.15) is 0 Å². The van der Waals surface area contributed by atoms with Crippen LogP contribution in [0, 0.1) is 10.1 Å². The maximum Gasteiger partial charge on any atom is 0.339 e. The Hall–Kier alpha value is -2.69. The Morgan fingerprint density at radius 3 is 2.53 bits per heavy atom. The number of hydrogen-bond donors (Lipinski definition) is 0. The number of nitrogens with zero attached hydrogens (tertiary/aromatic N) is 3.